The van der Waals surface area contributed by atoms with E-state index in [2.05, 4.69) is 15.3 Å². The highest BCUT2D eigenvalue weighted by Gasteiger charge is 2.26. The van der Waals surface area contributed by atoms with E-state index in [0.29, 0.717) is 23.1 Å². The smallest absolute Gasteiger partial charge is 0.319 e. The molecular weight excluding hydrogens is 353 g/mol. The number of benzene rings is 1. The van der Waals surface area contributed by atoms with E-state index >= 15 is 0 Å². The minimum Gasteiger partial charge on any atom is -0.618 e. The lowest BCUT2D eigenvalue weighted by Crippen LogP contribution is -2.40. The van der Waals surface area contributed by atoms with Crippen LogP contribution in [0.1, 0.15) is 23.8 Å². The average molecular weight is 371 g/mol. The van der Waals surface area contributed by atoms with Crippen LogP contribution in [0.4, 0.5) is 10.1 Å². The number of nitrogens with one attached hydrogen (secondary N) is 1. The van der Waals surface area contributed by atoms with Gasteiger partial charge in [-0.25, -0.2) is 14.4 Å². The van der Waals surface area contributed by atoms with Gasteiger partial charge in [0.15, 0.2) is 6.20 Å². The number of carbonyl (C=O) groups excluding carboxylic acids is 1. The van der Waals surface area contributed by atoms with Crippen molar-refractivity contribution in [3.63, 3.8) is 0 Å². The molecule has 0 aliphatic carbocycles. The van der Waals surface area contributed by atoms with E-state index in [4.69, 9.17) is 10.5 Å². The lowest BCUT2D eigenvalue weighted by Gasteiger charge is -2.14. The number of ether oxygens (including phenoxy) is 1. The third kappa shape index (κ3) is 3.19. The number of aromatic nitrogens is 3. The van der Waals surface area contributed by atoms with Crippen molar-refractivity contribution in [3.05, 3.63) is 47.6 Å². The van der Waals surface area contributed by atoms with Crippen LogP contribution in [0.3, 0.4) is 0 Å². The summed E-state index contributed by atoms with van der Waals surface area (Å²) in [6.45, 7) is 2.29. The molecule has 0 aliphatic heterocycles. The molecule has 1 aromatic carbocycles. The largest absolute Gasteiger partial charge is 0.618 e. The molecule has 0 aliphatic rings. The predicted octanol–water partition coefficient (Wildman–Crippen LogP) is 1.80. The number of hydrogen-bond acceptors (Lipinski definition) is 6. The number of nitrogens with zero attached hydrogens (tertiary/aromatic N) is 3. The molecule has 0 radical (unpaired) electrons. The Morgan fingerprint density at radius 2 is 2.19 bits per heavy atom. The number of halogens is 1. The minimum absolute atomic E-state index is 0.0341. The first-order chi connectivity index (χ1) is 13.0. The van der Waals surface area contributed by atoms with Crippen LogP contribution in [-0.4, -0.2) is 29.5 Å². The number of carbonyl (C=O) groups is 1. The third-order valence-corrected chi connectivity index (χ3v) is 4.10. The molecule has 9 heteroatoms. The maximum Gasteiger partial charge on any atom is 0.319 e. The molecule has 140 valence electrons. The Morgan fingerprint density at radius 1 is 1.41 bits per heavy atom. The number of anilines is 1. The van der Waals surface area contributed by atoms with E-state index in [1.807, 2.05) is 6.92 Å². The maximum atomic E-state index is 14.7. The lowest BCUT2D eigenvalue weighted by molar-refractivity contribution is -0.605. The van der Waals surface area contributed by atoms with Gasteiger partial charge in [-0.05, 0) is 18.6 Å². The fraction of sp³-hybridized carbons (Fsp3) is 0.222. The van der Waals surface area contributed by atoms with Crippen molar-refractivity contribution in [2.24, 2.45) is 0 Å². The summed E-state index contributed by atoms with van der Waals surface area (Å²) in [7, 11) is 1.40. The van der Waals surface area contributed by atoms with Crippen molar-refractivity contribution in [2.75, 3.05) is 19.4 Å². The average Bonchev–Trinajstić information content (AvgIpc) is 2.66. The number of nitrogens with two attached hydrogens (primary N) is 1. The Labute approximate surface area is 154 Å². The zero-order valence-electron chi connectivity index (χ0n) is 14.8. The van der Waals surface area contributed by atoms with Crippen molar-refractivity contribution in [1.29, 1.82) is 0 Å². The molecule has 27 heavy (non-hydrogen) atoms. The van der Waals surface area contributed by atoms with Gasteiger partial charge in [0.25, 0.3) is 0 Å². The second-order valence-electron chi connectivity index (χ2n) is 5.80. The second kappa shape index (κ2) is 7.40. The monoisotopic (exact) mass is 371 g/mol. The molecule has 0 saturated carbocycles. The molecule has 3 rings (SSSR count). The number of hydrogen-bond donors (Lipinski definition) is 2. The van der Waals surface area contributed by atoms with Crippen LogP contribution < -0.4 is 20.5 Å². The van der Waals surface area contributed by atoms with Crippen molar-refractivity contribution >= 4 is 22.4 Å². The highest BCUT2D eigenvalue weighted by atomic mass is 19.1. The fourth-order valence-electron chi connectivity index (χ4n) is 2.86. The quantitative estimate of drug-likeness (QED) is 0.522. The number of nitrogen functional groups attached to an aromatic ring is 1. The van der Waals surface area contributed by atoms with E-state index in [1.165, 1.54) is 31.8 Å². The molecule has 2 aromatic heterocycles. The van der Waals surface area contributed by atoms with Crippen LogP contribution in [0.2, 0.25) is 0 Å². The molecule has 2 heterocycles. The summed E-state index contributed by atoms with van der Waals surface area (Å²) < 4.78 is 20.2. The Kier molecular flexibility index (Phi) is 5.02. The van der Waals surface area contributed by atoms with Gasteiger partial charge in [0.05, 0.1) is 18.1 Å². The van der Waals surface area contributed by atoms with E-state index in [1.54, 1.807) is 0 Å². The van der Waals surface area contributed by atoms with Gasteiger partial charge in [0.1, 0.15) is 17.8 Å². The Morgan fingerprint density at radius 3 is 2.89 bits per heavy atom. The van der Waals surface area contributed by atoms with Crippen LogP contribution in [0.5, 0.6) is 5.88 Å². The van der Waals surface area contributed by atoms with E-state index in [0.717, 1.165) is 6.20 Å². The van der Waals surface area contributed by atoms with E-state index < -0.39 is 11.7 Å². The molecule has 0 fully saturated rings. The van der Waals surface area contributed by atoms with E-state index in [9.17, 15) is 14.4 Å². The SMILES string of the molecule is CCCNC(=O)c1c(N)c2ccc(F)c(-c3cncnc3OC)c2c[n+]1[O-]. The lowest BCUT2D eigenvalue weighted by atomic mass is 9.99. The fourth-order valence-corrected chi connectivity index (χ4v) is 2.86. The molecule has 0 unspecified atom stereocenters. The van der Waals surface area contributed by atoms with Gasteiger partial charge in [0, 0.05) is 23.7 Å². The summed E-state index contributed by atoms with van der Waals surface area (Å²) in [6.07, 6.45) is 4.49. The summed E-state index contributed by atoms with van der Waals surface area (Å²) in [6, 6.07) is 2.64. The highest BCUT2D eigenvalue weighted by Crippen LogP contribution is 2.37. The second-order valence-corrected chi connectivity index (χ2v) is 5.80. The van der Waals surface area contributed by atoms with Crippen LogP contribution in [0, 0.1) is 11.0 Å². The van der Waals surface area contributed by atoms with Gasteiger partial charge in [-0.2, -0.15) is 4.73 Å². The first kappa shape index (κ1) is 18.3. The molecule has 0 atom stereocenters. The Bertz CT molecular complexity index is 1030. The maximum absolute atomic E-state index is 14.7. The molecule has 3 aromatic rings. The van der Waals surface area contributed by atoms with Crippen LogP contribution in [0.25, 0.3) is 21.9 Å². The van der Waals surface area contributed by atoms with E-state index in [-0.39, 0.29) is 33.8 Å². The number of methoxy groups -OCH3 is 1. The van der Waals surface area contributed by atoms with Crippen LogP contribution in [-0.2, 0) is 0 Å². The van der Waals surface area contributed by atoms with Gasteiger partial charge in [0.2, 0.25) is 5.88 Å². The summed E-state index contributed by atoms with van der Waals surface area (Å²) in [5.74, 6) is -1.03. The van der Waals surface area contributed by atoms with Crippen molar-refractivity contribution < 1.29 is 18.7 Å². The predicted molar refractivity (Wildman–Crippen MR) is 97.5 cm³/mol. The molecule has 8 nitrogen and oxygen atoms in total. The molecule has 1 amide bonds. The van der Waals surface area contributed by atoms with Crippen LogP contribution >= 0.6 is 0 Å². The van der Waals surface area contributed by atoms with Gasteiger partial charge in [-0.3, -0.25) is 4.79 Å². The minimum atomic E-state index is -0.599. The Hall–Kier alpha value is -3.49. The topological polar surface area (TPSA) is 117 Å². The summed E-state index contributed by atoms with van der Waals surface area (Å²) >= 11 is 0. The van der Waals surface area contributed by atoms with Gasteiger partial charge >= 0.3 is 11.6 Å². The van der Waals surface area contributed by atoms with Crippen molar-refractivity contribution in [2.45, 2.75) is 13.3 Å². The molecule has 3 N–H and O–H groups in total. The van der Waals surface area contributed by atoms with Crippen molar-refractivity contribution in [1.82, 2.24) is 15.3 Å². The van der Waals surface area contributed by atoms with Gasteiger partial charge in [-0.1, -0.05) is 6.92 Å². The highest BCUT2D eigenvalue weighted by molar-refractivity contribution is 6.08. The number of rotatable bonds is 5. The normalized spacial score (nSPS) is 10.8. The first-order valence-electron chi connectivity index (χ1n) is 8.26. The molecule has 0 bridgehead atoms. The molecular formula is C18H18FN5O3. The summed E-state index contributed by atoms with van der Waals surface area (Å²) in [5, 5.41) is 15.7. The van der Waals surface area contributed by atoms with Crippen LogP contribution in [0.15, 0.2) is 30.9 Å². The third-order valence-electron chi connectivity index (χ3n) is 4.10. The molecule has 0 saturated heterocycles. The Balaban J connectivity index is 2.29. The molecule has 0 spiro atoms. The van der Waals surface area contributed by atoms with Gasteiger partial charge < -0.3 is 21.0 Å². The summed E-state index contributed by atoms with van der Waals surface area (Å²) in [4.78, 5) is 20.2. The number of amides is 1. The first-order valence-corrected chi connectivity index (χ1v) is 8.26. The van der Waals surface area contributed by atoms with Gasteiger partial charge in [-0.15, -0.1) is 0 Å². The zero-order chi connectivity index (χ0) is 19.6. The standard InChI is InChI=1S/C18H18FN5O3/c1-3-6-22-17(25)16-15(20)10-4-5-13(19)14(12(10)8-24(16)26)11-7-21-9-23-18(11)27-2/h4-5,7-9H,3,6,20H2,1-2H3,(H,22,25). The number of pyridine rings is 1. The number of fused-ring (bicyclic) bond motifs is 1. The zero-order valence-corrected chi connectivity index (χ0v) is 14.8. The summed E-state index contributed by atoms with van der Waals surface area (Å²) in [5.41, 5.74) is 6.17. The van der Waals surface area contributed by atoms with Crippen molar-refractivity contribution in [3.8, 4) is 17.0 Å².